The number of imidazole rings is 1. The third-order valence-electron chi connectivity index (χ3n) is 6.57. The largest absolute Gasteiger partial charge is 0.354 e. The van der Waals surface area contributed by atoms with Crippen LogP contribution in [0.15, 0.2) is 109 Å². The molecule has 0 atom stereocenters. The minimum absolute atomic E-state index is 0.0786. The first-order chi connectivity index (χ1) is 19.0. The summed E-state index contributed by atoms with van der Waals surface area (Å²) in [4.78, 5) is 32.1. The van der Waals surface area contributed by atoms with Gasteiger partial charge in [0.05, 0.1) is 21.9 Å². The number of aromatic amines is 1. The van der Waals surface area contributed by atoms with Crippen molar-refractivity contribution in [2.24, 2.45) is 0 Å². The van der Waals surface area contributed by atoms with Crippen LogP contribution < -0.4 is 10.6 Å². The third kappa shape index (κ3) is 4.91. The number of carbonyl (C=O) groups excluding carboxylic acids is 1. The van der Waals surface area contributed by atoms with Gasteiger partial charge in [-0.2, -0.15) is 0 Å². The zero-order chi connectivity index (χ0) is 26.8. The predicted octanol–water partition coefficient (Wildman–Crippen LogP) is 6.51. The zero-order valence-electron chi connectivity index (χ0n) is 20.7. The van der Waals surface area contributed by atoms with Gasteiger partial charge in [0.2, 0.25) is 0 Å². The number of nitrogens with one attached hydrogen (secondary N) is 3. The second-order valence-corrected chi connectivity index (χ2v) is 9.15. The molecule has 0 spiro atoms. The van der Waals surface area contributed by atoms with E-state index < -0.39 is 4.92 Å². The van der Waals surface area contributed by atoms with Crippen LogP contribution in [0.5, 0.6) is 0 Å². The summed E-state index contributed by atoms with van der Waals surface area (Å²) >= 11 is 0. The summed E-state index contributed by atoms with van der Waals surface area (Å²) in [5, 5.41) is 17.6. The summed E-state index contributed by atoms with van der Waals surface area (Å²) < 4.78 is 0. The third-order valence-corrected chi connectivity index (χ3v) is 6.57. The molecule has 5 aromatic rings. The number of hydrogen-bond donors (Lipinski definition) is 3. The van der Waals surface area contributed by atoms with Gasteiger partial charge in [0.25, 0.3) is 11.6 Å². The molecule has 1 aliphatic rings. The highest BCUT2D eigenvalue weighted by Gasteiger charge is 2.30. The number of non-ortho nitro benzene ring substituents is 1. The lowest BCUT2D eigenvalue weighted by molar-refractivity contribution is -0.384. The first kappa shape index (κ1) is 23.9. The summed E-state index contributed by atoms with van der Waals surface area (Å²) in [6.45, 7) is 0. The summed E-state index contributed by atoms with van der Waals surface area (Å²) in [5.74, 6) is 0.561. The Morgan fingerprint density at radius 1 is 0.897 bits per heavy atom. The van der Waals surface area contributed by atoms with E-state index in [1.807, 2.05) is 79.0 Å². The van der Waals surface area contributed by atoms with E-state index in [1.165, 1.54) is 17.7 Å². The van der Waals surface area contributed by atoms with Gasteiger partial charge in [-0.3, -0.25) is 14.9 Å². The van der Waals surface area contributed by atoms with Crippen molar-refractivity contribution in [3.8, 4) is 11.3 Å². The number of amides is 1. The van der Waals surface area contributed by atoms with E-state index in [1.54, 1.807) is 6.07 Å². The van der Waals surface area contributed by atoms with Gasteiger partial charge >= 0.3 is 0 Å². The van der Waals surface area contributed by atoms with Gasteiger partial charge in [-0.1, -0.05) is 72.8 Å². The molecule has 0 radical (unpaired) electrons. The van der Waals surface area contributed by atoms with Gasteiger partial charge in [-0.05, 0) is 29.3 Å². The molecule has 1 aromatic heterocycles. The highest BCUT2D eigenvalue weighted by Crippen LogP contribution is 2.39. The molecular formula is C31H23N5O3. The van der Waals surface area contributed by atoms with Crippen LogP contribution in [0.2, 0.25) is 0 Å². The van der Waals surface area contributed by atoms with E-state index in [2.05, 4.69) is 27.8 Å². The summed E-state index contributed by atoms with van der Waals surface area (Å²) in [5.41, 5.74) is 6.37. The number of hydrogen-bond acceptors (Lipinski definition) is 5. The van der Waals surface area contributed by atoms with Crippen LogP contribution in [0.25, 0.3) is 22.5 Å². The molecule has 39 heavy (non-hydrogen) atoms. The molecule has 0 fully saturated rings. The smallest absolute Gasteiger partial charge is 0.270 e. The Morgan fingerprint density at radius 2 is 1.62 bits per heavy atom. The maximum Gasteiger partial charge on any atom is 0.270 e. The van der Waals surface area contributed by atoms with Gasteiger partial charge in [0.1, 0.15) is 5.82 Å². The number of anilines is 2. The molecule has 8 heteroatoms. The first-order valence-electron chi connectivity index (χ1n) is 12.4. The van der Waals surface area contributed by atoms with E-state index in [-0.39, 0.29) is 11.6 Å². The molecule has 1 amide bonds. The fourth-order valence-electron chi connectivity index (χ4n) is 4.66. The molecule has 8 nitrogen and oxygen atoms in total. The first-order valence-corrected chi connectivity index (χ1v) is 12.4. The van der Waals surface area contributed by atoms with Crippen molar-refractivity contribution in [2.45, 2.75) is 6.42 Å². The predicted molar refractivity (Wildman–Crippen MR) is 152 cm³/mol. The second kappa shape index (κ2) is 10.1. The highest BCUT2D eigenvalue weighted by atomic mass is 16.6. The van der Waals surface area contributed by atoms with Crippen molar-refractivity contribution >= 4 is 34.2 Å². The molecule has 4 aromatic carbocycles. The molecule has 0 saturated heterocycles. The van der Waals surface area contributed by atoms with E-state index in [4.69, 9.17) is 4.98 Å². The van der Waals surface area contributed by atoms with Crippen LogP contribution >= 0.6 is 0 Å². The van der Waals surface area contributed by atoms with E-state index >= 15 is 0 Å². The number of aromatic nitrogens is 2. The van der Waals surface area contributed by atoms with Gasteiger partial charge in [-0.25, -0.2) is 4.98 Å². The minimum atomic E-state index is -0.463. The van der Waals surface area contributed by atoms with E-state index in [9.17, 15) is 14.9 Å². The van der Waals surface area contributed by atoms with Crippen molar-refractivity contribution in [1.82, 2.24) is 9.97 Å². The number of rotatable bonds is 7. The maximum atomic E-state index is 13.1. The molecule has 0 aliphatic carbocycles. The highest BCUT2D eigenvalue weighted by molar-refractivity contribution is 6.37. The Morgan fingerprint density at radius 3 is 2.33 bits per heavy atom. The second-order valence-electron chi connectivity index (χ2n) is 9.15. The number of carbonyl (C=O) groups is 1. The van der Waals surface area contributed by atoms with Gasteiger partial charge in [-0.15, -0.1) is 0 Å². The van der Waals surface area contributed by atoms with Gasteiger partial charge in [0, 0.05) is 47.3 Å². The fourth-order valence-corrected chi connectivity index (χ4v) is 4.66. The number of nitro groups is 1. The van der Waals surface area contributed by atoms with Crippen LogP contribution in [0.3, 0.4) is 0 Å². The van der Waals surface area contributed by atoms with Crippen molar-refractivity contribution in [3.05, 3.63) is 142 Å². The number of nitrogens with zero attached hydrogens (tertiary/aromatic N) is 2. The molecule has 0 bridgehead atoms. The average molecular weight is 514 g/mol. The normalized spacial score (nSPS) is 13.5. The Kier molecular flexibility index (Phi) is 6.18. The van der Waals surface area contributed by atoms with Crippen LogP contribution in [-0.2, 0) is 11.2 Å². The quantitative estimate of drug-likeness (QED) is 0.130. The van der Waals surface area contributed by atoms with Gasteiger partial charge < -0.3 is 15.6 Å². The number of benzene rings is 4. The lowest BCUT2D eigenvalue weighted by Gasteiger charge is -2.15. The molecule has 0 unspecified atom stereocenters. The molecule has 6 rings (SSSR count). The number of H-pyrrole nitrogens is 1. The standard InChI is InChI=1S/C31H23N5O3/c37-31-29(25-18-24(36(38)39)15-16-26(25)35-31)30(22-9-5-2-6-10-22)33-23-13-11-21(12-14-23)27-19-32-28(34-27)17-20-7-3-1-4-8-20/h1-16,18-19,33H,17H2,(H,32,34)(H,35,37)/b30-29-. The summed E-state index contributed by atoms with van der Waals surface area (Å²) in [7, 11) is 0. The van der Waals surface area contributed by atoms with Crippen molar-refractivity contribution in [1.29, 1.82) is 0 Å². The average Bonchev–Trinajstić information content (AvgIpc) is 3.56. The molecule has 0 saturated carbocycles. The SMILES string of the molecule is O=C1Nc2ccc([N+](=O)[O-])cc2/C1=C(/Nc1ccc(-c2c[nH]c(Cc3ccccc3)n2)cc1)c1ccccc1. The maximum absolute atomic E-state index is 13.1. The number of nitro benzene ring substituents is 1. The molecule has 2 heterocycles. The Labute approximate surface area is 224 Å². The van der Waals surface area contributed by atoms with Crippen molar-refractivity contribution in [3.63, 3.8) is 0 Å². The Balaban J connectivity index is 1.32. The van der Waals surface area contributed by atoms with Crippen molar-refractivity contribution < 1.29 is 9.72 Å². The van der Waals surface area contributed by atoms with Crippen LogP contribution in [-0.4, -0.2) is 20.8 Å². The topological polar surface area (TPSA) is 113 Å². The lowest BCUT2D eigenvalue weighted by atomic mass is 9.99. The Bertz CT molecular complexity index is 1710. The number of fused-ring (bicyclic) bond motifs is 1. The van der Waals surface area contributed by atoms with Crippen LogP contribution in [0.4, 0.5) is 17.1 Å². The van der Waals surface area contributed by atoms with E-state index in [0.29, 0.717) is 22.5 Å². The fraction of sp³-hybridized carbons (Fsp3) is 0.0323. The zero-order valence-corrected chi connectivity index (χ0v) is 20.7. The van der Waals surface area contributed by atoms with Crippen LogP contribution in [0.1, 0.15) is 22.5 Å². The molecule has 190 valence electrons. The van der Waals surface area contributed by atoms with E-state index in [0.717, 1.165) is 34.8 Å². The molecule has 3 N–H and O–H groups in total. The monoisotopic (exact) mass is 513 g/mol. The van der Waals surface area contributed by atoms with Crippen molar-refractivity contribution in [2.75, 3.05) is 10.6 Å². The molecular weight excluding hydrogens is 490 g/mol. The molecule has 1 aliphatic heterocycles. The summed E-state index contributed by atoms with van der Waals surface area (Å²) in [6.07, 6.45) is 2.61. The Hall–Kier alpha value is -5.50. The van der Waals surface area contributed by atoms with Crippen LogP contribution in [0, 0.1) is 10.1 Å². The summed E-state index contributed by atoms with van der Waals surface area (Å²) in [6, 6.07) is 31.8. The lowest BCUT2D eigenvalue weighted by Crippen LogP contribution is -2.10. The van der Waals surface area contributed by atoms with Gasteiger partial charge in [0.15, 0.2) is 0 Å². The minimum Gasteiger partial charge on any atom is -0.354 e.